The monoisotopic (exact) mass is 647 g/mol. The highest BCUT2D eigenvalue weighted by Crippen LogP contribution is 2.47. The van der Waals surface area contributed by atoms with Gasteiger partial charge in [0.15, 0.2) is 5.82 Å². The second-order valence-electron chi connectivity index (χ2n) is 13.0. The van der Waals surface area contributed by atoms with Crippen molar-refractivity contribution in [2.75, 3.05) is 43.5 Å². The number of piperazine rings is 1. The summed E-state index contributed by atoms with van der Waals surface area (Å²) in [6.07, 6.45) is -1.60. The summed E-state index contributed by atoms with van der Waals surface area (Å²) >= 11 is 0. The Morgan fingerprint density at radius 3 is 2.74 bits per heavy atom. The van der Waals surface area contributed by atoms with Crippen molar-refractivity contribution in [3.05, 3.63) is 28.8 Å². The summed E-state index contributed by atoms with van der Waals surface area (Å²) in [6, 6.07) is 0.892. The molecule has 8 rings (SSSR count). The number of rotatable bonds is 4. The molecular formula is C31H34F5N7O3. The van der Waals surface area contributed by atoms with Crippen molar-refractivity contribution in [2.24, 2.45) is 0 Å². The molecule has 0 radical (unpaired) electrons. The van der Waals surface area contributed by atoms with Crippen LogP contribution < -0.4 is 25.4 Å². The highest BCUT2D eigenvalue weighted by atomic mass is 19.4. The predicted molar refractivity (Wildman–Crippen MR) is 158 cm³/mol. The van der Waals surface area contributed by atoms with E-state index < -0.39 is 52.0 Å². The molecule has 10 nitrogen and oxygen atoms in total. The number of anilines is 2. The zero-order valence-corrected chi connectivity index (χ0v) is 25.3. The fraction of sp³-hybridized carbons (Fsp3) is 0.581. The van der Waals surface area contributed by atoms with Crippen LogP contribution in [-0.4, -0.2) is 89.1 Å². The summed E-state index contributed by atoms with van der Waals surface area (Å²) in [5, 5.41) is 3.76. The van der Waals surface area contributed by atoms with E-state index in [9.17, 15) is 17.6 Å². The van der Waals surface area contributed by atoms with Gasteiger partial charge in [-0.05, 0) is 57.7 Å². The van der Waals surface area contributed by atoms with E-state index in [1.807, 2.05) is 6.92 Å². The molecule has 46 heavy (non-hydrogen) atoms. The van der Waals surface area contributed by atoms with Crippen molar-refractivity contribution in [1.29, 1.82) is 0 Å². The van der Waals surface area contributed by atoms with E-state index in [0.29, 0.717) is 31.6 Å². The van der Waals surface area contributed by atoms with E-state index in [-0.39, 0.29) is 53.6 Å². The molecule has 7 heterocycles. The highest BCUT2D eigenvalue weighted by molar-refractivity contribution is 5.97. The number of nitrogens with zero attached hydrogens (tertiary/aromatic N) is 5. The van der Waals surface area contributed by atoms with Crippen LogP contribution in [0.2, 0.25) is 0 Å². The van der Waals surface area contributed by atoms with Crippen LogP contribution in [0, 0.1) is 18.6 Å². The van der Waals surface area contributed by atoms with Crippen LogP contribution in [0.3, 0.4) is 0 Å². The number of halogens is 5. The van der Waals surface area contributed by atoms with Gasteiger partial charge >= 0.3 is 12.2 Å². The SMILES string of the molecule is Cc1c(F)c(N)cc(-c2nc3c4c(nc(OC[C@H]5COC[C@H]6CCCN65)nc4c2F)N2C[C@H]4CC[C@H](N4)[C@H]2[C@H](C)O3)c1C(F)(F)F. The third-order valence-electron chi connectivity index (χ3n) is 10.2. The molecule has 0 amide bonds. The molecule has 5 aliphatic rings. The highest BCUT2D eigenvalue weighted by Gasteiger charge is 2.48. The van der Waals surface area contributed by atoms with Crippen molar-refractivity contribution in [3.8, 4) is 23.1 Å². The van der Waals surface area contributed by atoms with Crippen LogP contribution in [-0.2, 0) is 10.9 Å². The summed E-state index contributed by atoms with van der Waals surface area (Å²) in [7, 11) is 0. The van der Waals surface area contributed by atoms with Crippen LogP contribution in [0.4, 0.5) is 33.5 Å². The Bertz CT molecular complexity index is 1720. The van der Waals surface area contributed by atoms with Gasteiger partial charge in [-0.15, -0.1) is 0 Å². The van der Waals surface area contributed by atoms with E-state index in [2.05, 4.69) is 25.1 Å². The van der Waals surface area contributed by atoms with Gasteiger partial charge in [-0.1, -0.05) is 0 Å². The number of nitrogens with two attached hydrogens (primary N) is 1. The predicted octanol–water partition coefficient (Wildman–Crippen LogP) is 4.21. The number of benzene rings is 1. The average Bonchev–Trinajstić information content (AvgIpc) is 3.63. The van der Waals surface area contributed by atoms with Crippen molar-refractivity contribution in [3.63, 3.8) is 0 Å². The minimum atomic E-state index is -5.04. The number of hydrogen-bond acceptors (Lipinski definition) is 10. The molecule has 2 aromatic heterocycles. The molecule has 5 aliphatic heterocycles. The lowest BCUT2D eigenvalue weighted by molar-refractivity contribution is -0.137. The summed E-state index contributed by atoms with van der Waals surface area (Å²) in [4.78, 5) is 18.0. The Morgan fingerprint density at radius 2 is 1.93 bits per heavy atom. The second-order valence-corrected chi connectivity index (χ2v) is 13.0. The molecule has 3 aromatic rings. The van der Waals surface area contributed by atoms with Crippen molar-refractivity contribution in [1.82, 2.24) is 25.2 Å². The first-order valence-corrected chi connectivity index (χ1v) is 15.7. The number of fused-ring (bicyclic) bond motifs is 6. The van der Waals surface area contributed by atoms with Gasteiger partial charge in [0.1, 0.15) is 40.9 Å². The molecule has 15 heteroatoms. The van der Waals surface area contributed by atoms with Gasteiger partial charge in [0, 0.05) is 30.2 Å². The number of alkyl halides is 3. The molecule has 0 aliphatic carbocycles. The Hall–Kier alpha value is -3.56. The molecule has 1 aromatic carbocycles. The summed E-state index contributed by atoms with van der Waals surface area (Å²) < 4.78 is 92.9. The fourth-order valence-electron chi connectivity index (χ4n) is 8.17. The van der Waals surface area contributed by atoms with Gasteiger partial charge in [0.2, 0.25) is 5.88 Å². The van der Waals surface area contributed by atoms with Crippen molar-refractivity contribution in [2.45, 2.75) is 82.0 Å². The second kappa shape index (κ2) is 10.7. The number of nitrogens with one attached hydrogen (secondary N) is 1. The molecule has 2 bridgehead atoms. The van der Waals surface area contributed by atoms with E-state index in [4.69, 9.17) is 24.9 Å². The zero-order valence-electron chi connectivity index (χ0n) is 25.3. The first-order chi connectivity index (χ1) is 22.0. The summed E-state index contributed by atoms with van der Waals surface area (Å²) in [5.41, 5.74) is 1.37. The molecule has 4 saturated heterocycles. The molecule has 4 fully saturated rings. The van der Waals surface area contributed by atoms with Gasteiger partial charge in [-0.25, -0.2) is 13.8 Å². The third kappa shape index (κ3) is 4.64. The number of ether oxygens (including phenoxy) is 3. The summed E-state index contributed by atoms with van der Waals surface area (Å²) in [6.45, 7) is 5.59. The molecule has 246 valence electrons. The minimum Gasteiger partial charge on any atom is -0.472 e. The maximum atomic E-state index is 16.8. The number of pyridine rings is 1. The largest absolute Gasteiger partial charge is 0.472 e. The quantitative estimate of drug-likeness (QED) is 0.316. The molecular weight excluding hydrogens is 613 g/mol. The van der Waals surface area contributed by atoms with Crippen LogP contribution in [0.1, 0.15) is 43.7 Å². The number of hydrogen-bond donors (Lipinski definition) is 2. The molecule has 0 unspecified atom stereocenters. The number of aromatic nitrogens is 3. The van der Waals surface area contributed by atoms with E-state index in [0.717, 1.165) is 45.2 Å². The molecule has 0 spiro atoms. The van der Waals surface area contributed by atoms with Crippen LogP contribution in [0.25, 0.3) is 22.2 Å². The van der Waals surface area contributed by atoms with Gasteiger partial charge in [-0.2, -0.15) is 23.1 Å². The lowest BCUT2D eigenvalue weighted by atomic mass is 9.96. The maximum Gasteiger partial charge on any atom is 0.417 e. The normalized spacial score (nSPS) is 29.0. The first kappa shape index (κ1) is 29.8. The van der Waals surface area contributed by atoms with Gasteiger partial charge in [0.25, 0.3) is 0 Å². The summed E-state index contributed by atoms with van der Waals surface area (Å²) in [5.74, 6) is -2.13. The number of nitrogen functional groups attached to an aromatic ring is 1. The van der Waals surface area contributed by atoms with Crippen LogP contribution in [0.15, 0.2) is 6.07 Å². The Balaban J connectivity index is 1.31. The lowest BCUT2D eigenvalue weighted by Crippen LogP contribution is -2.62. The van der Waals surface area contributed by atoms with Crippen molar-refractivity contribution >= 4 is 22.4 Å². The standard InChI is InChI=1S/C31H34F5N7O3/c1-13-22(31(34,35)36)18(8-19(37)23(13)32)25-24(33)26-21-28(41-30(40-26)45-12-17-11-44-10-16-4-3-7-42(16)17)43-9-15-5-6-20(38-15)27(43)14(2)46-29(21)39-25/h8,14-17,20,27,38H,3-7,9-12,37H2,1-2H3/t14-,15+,16+,17+,20-,27+/m0/s1. The number of morpholine rings is 1. The molecule has 0 saturated carbocycles. The van der Waals surface area contributed by atoms with Crippen molar-refractivity contribution < 1.29 is 36.2 Å². The topological polar surface area (TPSA) is 111 Å². The third-order valence-corrected chi connectivity index (χ3v) is 10.2. The van der Waals surface area contributed by atoms with Gasteiger partial charge < -0.3 is 30.2 Å². The smallest absolute Gasteiger partial charge is 0.417 e. The Labute approximate surface area is 261 Å². The first-order valence-electron chi connectivity index (χ1n) is 15.7. The zero-order chi connectivity index (χ0) is 32.1. The Morgan fingerprint density at radius 1 is 1.11 bits per heavy atom. The maximum absolute atomic E-state index is 16.8. The van der Waals surface area contributed by atoms with Crippen LogP contribution in [0.5, 0.6) is 11.9 Å². The van der Waals surface area contributed by atoms with Gasteiger partial charge in [0.05, 0.1) is 36.5 Å². The lowest BCUT2D eigenvalue weighted by Gasteiger charge is -2.42. The van der Waals surface area contributed by atoms with E-state index in [1.165, 1.54) is 0 Å². The Kier molecular flexibility index (Phi) is 6.96. The van der Waals surface area contributed by atoms with E-state index in [1.54, 1.807) is 0 Å². The van der Waals surface area contributed by atoms with Gasteiger partial charge in [-0.3, -0.25) is 4.90 Å². The van der Waals surface area contributed by atoms with E-state index >= 15 is 4.39 Å². The minimum absolute atomic E-state index is 0.0460. The molecule has 3 N–H and O–H groups in total. The molecule has 6 atom stereocenters. The average molecular weight is 648 g/mol. The fourth-order valence-corrected chi connectivity index (χ4v) is 8.17. The van der Waals surface area contributed by atoms with Crippen LogP contribution >= 0.6 is 0 Å².